The fourth-order valence-electron chi connectivity index (χ4n) is 1.62. The molecule has 1 N–H and O–H groups in total. The maximum absolute atomic E-state index is 9.78. The summed E-state index contributed by atoms with van der Waals surface area (Å²) in [5.74, 6) is 2.38. The molecule has 0 aliphatic carbocycles. The normalized spacial score (nSPS) is 36.1. The van der Waals surface area contributed by atoms with Crippen molar-refractivity contribution in [1.82, 2.24) is 0 Å². The Hall–Kier alpha value is -0.600. The molecule has 4 heteroatoms. The van der Waals surface area contributed by atoms with Gasteiger partial charge < -0.3 is 19.3 Å². The molecule has 1 aliphatic heterocycles. The van der Waals surface area contributed by atoms with Gasteiger partial charge in [0.25, 0.3) is 0 Å². The number of aliphatic hydroxyl groups excluding tert-OH is 1. The summed E-state index contributed by atoms with van der Waals surface area (Å²) < 4.78 is 16.1. The zero-order chi connectivity index (χ0) is 11.3. The molecule has 86 valence electrons. The summed E-state index contributed by atoms with van der Waals surface area (Å²) in [4.78, 5) is 0. The maximum atomic E-state index is 9.78. The molecule has 1 rings (SSSR count). The lowest BCUT2D eigenvalue weighted by Gasteiger charge is -2.37. The largest absolute Gasteiger partial charge is 0.388 e. The van der Waals surface area contributed by atoms with Gasteiger partial charge in [-0.25, -0.2) is 0 Å². The van der Waals surface area contributed by atoms with Crippen molar-refractivity contribution in [1.29, 1.82) is 0 Å². The minimum absolute atomic E-state index is 0.202. The Labute approximate surface area is 90.5 Å². The highest BCUT2D eigenvalue weighted by molar-refractivity contribution is 4.87. The summed E-state index contributed by atoms with van der Waals surface area (Å²) in [6.07, 6.45) is 4.06. The van der Waals surface area contributed by atoms with E-state index in [-0.39, 0.29) is 25.1 Å². The van der Waals surface area contributed by atoms with Gasteiger partial charge in [0.1, 0.15) is 12.7 Å². The van der Waals surface area contributed by atoms with Gasteiger partial charge in [-0.05, 0) is 13.8 Å². The number of ether oxygens (including phenoxy) is 3. The van der Waals surface area contributed by atoms with Crippen LogP contribution < -0.4 is 0 Å². The van der Waals surface area contributed by atoms with E-state index >= 15 is 0 Å². The van der Waals surface area contributed by atoms with Crippen molar-refractivity contribution in [2.75, 3.05) is 13.2 Å². The summed E-state index contributed by atoms with van der Waals surface area (Å²) in [5, 5.41) is 9.78. The first kappa shape index (κ1) is 12.5. The Kier molecular flexibility index (Phi) is 5.06. The van der Waals surface area contributed by atoms with Crippen molar-refractivity contribution in [3.8, 4) is 12.3 Å². The number of hydrogen-bond donors (Lipinski definition) is 1. The van der Waals surface area contributed by atoms with Crippen LogP contribution in [0.15, 0.2) is 0 Å². The van der Waals surface area contributed by atoms with Gasteiger partial charge in [0.2, 0.25) is 0 Å². The minimum atomic E-state index is -0.643. The van der Waals surface area contributed by atoms with Crippen LogP contribution >= 0.6 is 0 Å². The molecule has 0 radical (unpaired) electrons. The van der Waals surface area contributed by atoms with E-state index in [4.69, 9.17) is 20.6 Å². The summed E-state index contributed by atoms with van der Waals surface area (Å²) in [7, 11) is 0. The van der Waals surface area contributed by atoms with Gasteiger partial charge in [-0.3, -0.25) is 0 Å². The minimum Gasteiger partial charge on any atom is -0.388 e. The molecule has 0 saturated carbocycles. The van der Waals surface area contributed by atoms with Gasteiger partial charge >= 0.3 is 0 Å². The first-order chi connectivity index (χ1) is 7.19. The van der Waals surface area contributed by atoms with Crippen molar-refractivity contribution >= 4 is 0 Å². The molecule has 1 saturated heterocycles. The molecule has 0 aromatic carbocycles. The molecule has 4 atom stereocenters. The third-order valence-corrected chi connectivity index (χ3v) is 2.39. The molecule has 0 spiro atoms. The van der Waals surface area contributed by atoms with Crippen LogP contribution in [0.4, 0.5) is 0 Å². The molecule has 4 nitrogen and oxygen atoms in total. The van der Waals surface area contributed by atoms with Crippen molar-refractivity contribution in [3.63, 3.8) is 0 Å². The lowest BCUT2D eigenvalue weighted by molar-refractivity contribution is -0.250. The first-order valence-electron chi connectivity index (χ1n) is 5.19. The van der Waals surface area contributed by atoms with Crippen molar-refractivity contribution < 1.29 is 19.3 Å². The average Bonchev–Trinajstić information content (AvgIpc) is 2.21. The van der Waals surface area contributed by atoms with Gasteiger partial charge in [0.05, 0.1) is 12.2 Å². The van der Waals surface area contributed by atoms with Crippen LogP contribution in [-0.2, 0) is 14.2 Å². The number of terminal acetylenes is 1. The number of hydrogen-bond acceptors (Lipinski definition) is 4. The fraction of sp³-hybridized carbons (Fsp3) is 0.818. The van der Waals surface area contributed by atoms with E-state index in [1.165, 1.54) is 0 Å². The Balaban J connectivity index is 2.48. The van der Waals surface area contributed by atoms with E-state index in [1.807, 2.05) is 6.92 Å². The first-order valence-corrected chi connectivity index (χ1v) is 5.19. The zero-order valence-electron chi connectivity index (χ0n) is 9.18. The predicted octanol–water partition coefficient (Wildman–Crippen LogP) is 0.537. The highest BCUT2D eigenvalue weighted by atomic mass is 16.7. The van der Waals surface area contributed by atoms with E-state index in [2.05, 4.69) is 5.92 Å². The molecule has 15 heavy (non-hydrogen) atoms. The van der Waals surface area contributed by atoms with Crippen molar-refractivity contribution in [2.24, 2.45) is 0 Å². The van der Waals surface area contributed by atoms with Crippen LogP contribution in [0.25, 0.3) is 0 Å². The highest BCUT2D eigenvalue weighted by Gasteiger charge is 2.36. The molecule has 0 unspecified atom stereocenters. The second-order valence-corrected chi connectivity index (χ2v) is 3.51. The summed E-state index contributed by atoms with van der Waals surface area (Å²) in [6.45, 7) is 4.47. The summed E-state index contributed by atoms with van der Waals surface area (Å²) >= 11 is 0. The SMILES string of the molecule is C#CCO[C@H]1C[C@@H](OCC)O[C@H](C)[C@H]1O. The molecule has 0 bridgehead atoms. The third-order valence-electron chi connectivity index (χ3n) is 2.39. The van der Waals surface area contributed by atoms with E-state index in [0.29, 0.717) is 13.0 Å². The monoisotopic (exact) mass is 214 g/mol. The van der Waals surface area contributed by atoms with Crippen LogP contribution in [0, 0.1) is 12.3 Å². The van der Waals surface area contributed by atoms with E-state index in [1.54, 1.807) is 6.92 Å². The molecule has 0 amide bonds. The molecule has 1 fully saturated rings. The second kappa shape index (κ2) is 6.09. The van der Waals surface area contributed by atoms with E-state index < -0.39 is 6.10 Å². The van der Waals surface area contributed by atoms with Gasteiger partial charge in [0.15, 0.2) is 6.29 Å². The van der Waals surface area contributed by atoms with Crippen molar-refractivity contribution in [3.05, 3.63) is 0 Å². The molecular formula is C11H18O4. The van der Waals surface area contributed by atoms with E-state index in [9.17, 15) is 5.11 Å². The standard InChI is InChI=1S/C11H18O4/c1-4-6-14-9-7-10(13-5-2)15-8(3)11(9)12/h1,8-12H,5-7H2,2-3H3/t8-,9+,10+,11-/m1/s1. The smallest absolute Gasteiger partial charge is 0.160 e. The van der Waals surface area contributed by atoms with Crippen LogP contribution in [0.2, 0.25) is 0 Å². The topological polar surface area (TPSA) is 47.9 Å². The van der Waals surface area contributed by atoms with Crippen LogP contribution in [0.3, 0.4) is 0 Å². The number of rotatable bonds is 4. The summed E-state index contributed by atoms with van der Waals surface area (Å²) in [6, 6.07) is 0. The summed E-state index contributed by atoms with van der Waals surface area (Å²) in [5.41, 5.74) is 0. The third kappa shape index (κ3) is 3.47. The Morgan fingerprint density at radius 1 is 1.53 bits per heavy atom. The Morgan fingerprint density at radius 2 is 2.27 bits per heavy atom. The fourth-order valence-corrected chi connectivity index (χ4v) is 1.62. The lowest BCUT2D eigenvalue weighted by Crippen LogP contribution is -2.48. The van der Waals surface area contributed by atoms with Crippen molar-refractivity contribution in [2.45, 2.75) is 44.9 Å². The Bertz CT molecular complexity index is 223. The number of aliphatic hydroxyl groups is 1. The molecule has 0 aromatic heterocycles. The van der Waals surface area contributed by atoms with E-state index in [0.717, 1.165) is 0 Å². The maximum Gasteiger partial charge on any atom is 0.160 e. The van der Waals surface area contributed by atoms with Gasteiger partial charge in [0, 0.05) is 13.0 Å². The second-order valence-electron chi connectivity index (χ2n) is 3.51. The predicted molar refractivity (Wildman–Crippen MR) is 55.2 cm³/mol. The molecular weight excluding hydrogens is 196 g/mol. The molecule has 1 aliphatic rings. The van der Waals surface area contributed by atoms with Crippen LogP contribution in [0.5, 0.6) is 0 Å². The van der Waals surface area contributed by atoms with Gasteiger partial charge in [-0.2, -0.15) is 0 Å². The van der Waals surface area contributed by atoms with Gasteiger partial charge in [-0.1, -0.05) is 5.92 Å². The quantitative estimate of drug-likeness (QED) is 0.694. The Morgan fingerprint density at radius 3 is 2.87 bits per heavy atom. The average molecular weight is 214 g/mol. The highest BCUT2D eigenvalue weighted by Crippen LogP contribution is 2.23. The van der Waals surface area contributed by atoms with Crippen LogP contribution in [-0.4, -0.2) is 42.9 Å². The van der Waals surface area contributed by atoms with Gasteiger partial charge in [-0.15, -0.1) is 6.42 Å². The zero-order valence-corrected chi connectivity index (χ0v) is 9.18. The molecule has 1 heterocycles. The lowest BCUT2D eigenvalue weighted by atomic mass is 10.0. The van der Waals surface area contributed by atoms with Crippen LogP contribution in [0.1, 0.15) is 20.3 Å². The molecule has 0 aromatic rings.